The number of ether oxygens (including phenoxy) is 1. The van der Waals surface area contributed by atoms with Crippen LogP contribution in [0.2, 0.25) is 0 Å². The predicted molar refractivity (Wildman–Crippen MR) is 87.6 cm³/mol. The van der Waals surface area contributed by atoms with Gasteiger partial charge in [0.25, 0.3) is 0 Å². The zero-order chi connectivity index (χ0) is 16.0. The number of hydrogen-bond acceptors (Lipinski definition) is 3. The van der Waals surface area contributed by atoms with Gasteiger partial charge in [-0.2, -0.15) is 0 Å². The molecule has 0 amide bonds. The van der Waals surface area contributed by atoms with Gasteiger partial charge in [-0.25, -0.2) is 13.1 Å². The van der Waals surface area contributed by atoms with Gasteiger partial charge in [0.05, 0.1) is 23.6 Å². The average molecular weight is 319 g/mol. The Morgan fingerprint density at radius 2 is 1.73 bits per heavy atom. The highest BCUT2D eigenvalue weighted by atomic mass is 32.2. The number of benzene rings is 2. The summed E-state index contributed by atoms with van der Waals surface area (Å²) in [5.41, 5.74) is 0.657. The molecule has 0 bridgehead atoms. The van der Waals surface area contributed by atoms with Gasteiger partial charge in [-0.1, -0.05) is 44.2 Å². The van der Waals surface area contributed by atoms with E-state index in [9.17, 15) is 8.42 Å². The first kappa shape index (κ1) is 15.5. The molecule has 1 aliphatic heterocycles. The van der Waals surface area contributed by atoms with E-state index in [0.29, 0.717) is 24.0 Å². The molecule has 4 nitrogen and oxygen atoms in total. The molecule has 0 aromatic heterocycles. The molecule has 0 saturated carbocycles. The summed E-state index contributed by atoms with van der Waals surface area (Å²) in [4.78, 5) is 0.334. The third-order valence-corrected chi connectivity index (χ3v) is 5.75. The Bertz CT molecular complexity index is 808. The van der Waals surface area contributed by atoms with Crippen LogP contribution in [0, 0.1) is 0 Å². The molecule has 1 N–H and O–H groups in total. The summed E-state index contributed by atoms with van der Waals surface area (Å²) in [7, 11) is -3.58. The summed E-state index contributed by atoms with van der Waals surface area (Å²) in [5, 5.41) is 1.76. The number of fused-ring (bicyclic) bond motifs is 1. The van der Waals surface area contributed by atoms with Crippen molar-refractivity contribution in [3.05, 3.63) is 42.0 Å². The highest BCUT2D eigenvalue weighted by molar-refractivity contribution is 7.89. The number of sulfonamides is 1. The highest BCUT2D eigenvalue weighted by Crippen LogP contribution is 2.31. The van der Waals surface area contributed by atoms with Crippen molar-refractivity contribution >= 4 is 20.8 Å². The van der Waals surface area contributed by atoms with E-state index in [-0.39, 0.29) is 0 Å². The van der Waals surface area contributed by atoms with Gasteiger partial charge in [0, 0.05) is 5.39 Å². The zero-order valence-electron chi connectivity index (χ0n) is 13.1. The second kappa shape index (κ2) is 5.33. The first-order chi connectivity index (χ1) is 10.3. The SMILES string of the molecule is CC(C)c1ccc(S(=O)(=O)NC2(C)COC2)c2ccccc12. The third kappa shape index (κ3) is 2.64. The zero-order valence-corrected chi connectivity index (χ0v) is 13.9. The summed E-state index contributed by atoms with van der Waals surface area (Å²) >= 11 is 0. The molecule has 5 heteroatoms. The topological polar surface area (TPSA) is 55.4 Å². The predicted octanol–water partition coefficient (Wildman–Crippen LogP) is 3.03. The molecule has 1 heterocycles. The minimum absolute atomic E-state index is 0.334. The van der Waals surface area contributed by atoms with Crippen LogP contribution in [0.15, 0.2) is 41.3 Å². The maximum Gasteiger partial charge on any atom is 0.241 e. The van der Waals surface area contributed by atoms with Crippen LogP contribution >= 0.6 is 0 Å². The van der Waals surface area contributed by atoms with Gasteiger partial charge in [0.15, 0.2) is 0 Å². The highest BCUT2D eigenvalue weighted by Gasteiger charge is 2.38. The minimum Gasteiger partial charge on any atom is -0.377 e. The van der Waals surface area contributed by atoms with Gasteiger partial charge >= 0.3 is 0 Å². The molecule has 0 aliphatic carbocycles. The van der Waals surface area contributed by atoms with Crippen LogP contribution in [0.3, 0.4) is 0 Å². The van der Waals surface area contributed by atoms with Crippen LogP contribution in [0.25, 0.3) is 10.8 Å². The molecule has 0 spiro atoms. The van der Waals surface area contributed by atoms with Crippen molar-refractivity contribution in [1.29, 1.82) is 0 Å². The summed E-state index contributed by atoms with van der Waals surface area (Å²) in [6.07, 6.45) is 0. The minimum atomic E-state index is -3.58. The molecule has 0 unspecified atom stereocenters. The van der Waals surface area contributed by atoms with Crippen LogP contribution in [-0.4, -0.2) is 27.2 Å². The van der Waals surface area contributed by atoms with Crippen LogP contribution in [0.4, 0.5) is 0 Å². The van der Waals surface area contributed by atoms with E-state index in [2.05, 4.69) is 18.6 Å². The summed E-state index contributed by atoms with van der Waals surface area (Å²) < 4.78 is 33.4. The lowest BCUT2D eigenvalue weighted by molar-refractivity contribution is -0.0523. The Morgan fingerprint density at radius 3 is 2.27 bits per heavy atom. The second-order valence-electron chi connectivity index (χ2n) is 6.51. The smallest absolute Gasteiger partial charge is 0.241 e. The number of rotatable bonds is 4. The van der Waals surface area contributed by atoms with Gasteiger partial charge in [0.2, 0.25) is 10.0 Å². The lowest BCUT2D eigenvalue weighted by Gasteiger charge is -2.38. The first-order valence-corrected chi connectivity index (χ1v) is 8.94. The Hall–Kier alpha value is -1.43. The van der Waals surface area contributed by atoms with E-state index in [1.54, 1.807) is 6.07 Å². The largest absolute Gasteiger partial charge is 0.377 e. The number of hydrogen-bond donors (Lipinski definition) is 1. The molecule has 0 atom stereocenters. The van der Waals surface area contributed by atoms with Gasteiger partial charge in [-0.15, -0.1) is 0 Å². The Balaban J connectivity index is 2.13. The van der Waals surface area contributed by atoms with Gasteiger partial charge < -0.3 is 4.74 Å². The van der Waals surface area contributed by atoms with E-state index in [4.69, 9.17) is 4.74 Å². The molecule has 2 aromatic rings. The van der Waals surface area contributed by atoms with Crippen molar-refractivity contribution < 1.29 is 13.2 Å². The molecule has 2 aromatic carbocycles. The maximum atomic E-state index is 12.8. The fourth-order valence-corrected chi connectivity index (χ4v) is 4.47. The molecule has 1 aliphatic rings. The van der Waals surface area contributed by atoms with Crippen LogP contribution in [-0.2, 0) is 14.8 Å². The Labute approximate surface area is 131 Å². The molecular formula is C17H21NO3S. The lowest BCUT2D eigenvalue weighted by Crippen LogP contribution is -2.59. The van der Waals surface area contributed by atoms with E-state index >= 15 is 0 Å². The van der Waals surface area contributed by atoms with Gasteiger partial charge in [0.1, 0.15) is 0 Å². The molecule has 22 heavy (non-hydrogen) atoms. The molecule has 0 radical (unpaired) electrons. The molecule has 118 valence electrons. The van der Waals surface area contributed by atoms with Crippen molar-refractivity contribution in [2.24, 2.45) is 0 Å². The fourth-order valence-electron chi connectivity index (χ4n) is 2.88. The van der Waals surface area contributed by atoms with E-state index < -0.39 is 15.6 Å². The van der Waals surface area contributed by atoms with Gasteiger partial charge in [-0.05, 0) is 29.9 Å². The molecule has 1 fully saturated rings. The van der Waals surface area contributed by atoms with E-state index in [0.717, 1.165) is 16.3 Å². The lowest BCUT2D eigenvalue weighted by atomic mass is 9.96. The normalized spacial score (nSPS) is 17.6. The first-order valence-electron chi connectivity index (χ1n) is 7.46. The van der Waals surface area contributed by atoms with E-state index in [1.165, 1.54) is 0 Å². The second-order valence-corrected chi connectivity index (χ2v) is 8.16. The third-order valence-electron chi connectivity index (χ3n) is 4.05. The summed E-state index contributed by atoms with van der Waals surface area (Å²) in [6, 6.07) is 11.3. The van der Waals surface area contributed by atoms with E-state index in [1.807, 2.05) is 37.3 Å². The molecular weight excluding hydrogens is 298 g/mol. The number of nitrogens with one attached hydrogen (secondary N) is 1. The monoisotopic (exact) mass is 319 g/mol. The molecule has 3 rings (SSSR count). The summed E-state index contributed by atoms with van der Waals surface area (Å²) in [5.74, 6) is 0.340. The van der Waals surface area contributed by atoms with Crippen LogP contribution < -0.4 is 4.72 Å². The molecule has 1 saturated heterocycles. The Morgan fingerprint density at radius 1 is 1.09 bits per heavy atom. The maximum absolute atomic E-state index is 12.8. The van der Waals surface area contributed by atoms with Crippen LogP contribution in [0.1, 0.15) is 32.3 Å². The van der Waals surface area contributed by atoms with Crippen LogP contribution in [0.5, 0.6) is 0 Å². The summed E-state index contributed by atoms with van der Waals surface area (Å²) in [6.45, 7) is 6.91. The van der Waals surface area contributed by atoms with Crippen molar-refractivity contribution in [1.82, 2.24) is 4.72 Å². The standard InChI is InChI=1S/C17H21NO3S/c1-12(2)13-8-9-16(15-7-5-4-6-14(13)15)22(19,20)18-17(3)10-21-11-17/h4-9,12,18H,10-11H2,1-3H3. The Kier molecular flexibility index (Phi) is 3.75. The van der Waals surface area contributed by atoms with Crippen molar-refractivity contribution in [2.75, 3.05) is 13.2 Å². The van der Waals surface area contributed by atoms with Crippen molar-refractivity contribution in [3.8, 4) is 0 Å². The average Bonchev–Trinajstić information content (AvgIpc) is 2.43. The van der Waals surface area contributed by atoms with Crippen molar-refractivity contribution in [3.63, 3.8) is 0 Å². The van der Waals surface area contributed by atoms with Gasteiger partial charge in [-0.3, -0.25) is 0 Å². The van der Waals surface area contributed by atoms with Crippen molar-refractivity contribution in [2.45, 2.75) is 37.1 Å². The quantitative estimate of drug-likeness (QED) is 0.942. The fraction of sp³-hybridized carbons (Fsp3) is 0.412.